The van der Waals surface area contributed by atoms with Crippen LogP contribution in [0, 0.1) is 0 Å². The molecule has 1 atom stereocenters. The zero-order chi connectivity index (χ0) is 21.8. The van der Waals surface area contributed by atoms with Gasteiger partial charge in [0.15, 0.2) is 5.69 Å². The topological polar surface area (TPSA) is 80.3 Å². The summed E-state index contributed by atoms with van der Waals surface area (Å²) in [6, 6.07) is 12.1. The van der Waals surface area contributed by atoms with E-state index in [0.717, 1.165) is 55.9 Å². The monoisotopic (exact) mass is 429 g/mol. The van der Waals surface area contributed by atoms with E-state index in [2.05, 4.69) is 30.7 Å². The van der Waals surface area contributed by atoms with Crippen molar-refractivity contribution in [3.05, 3.63) is 84.7 Å². The maximum Gasteiger partial charge on any atom is 0.272 e. The Morgan fingerprint density at radius 2 is 2.06 bits per heavy atom. The summed E-state index contributed by atoms with van der Waals surface area (Å²) in [4.78, 5) is 28.8. The number of amides is 1. The molecular formula is C24H27N7O. The number of aromatic nitrogens is 5. The van der Waals surface area contributed by atoms with Crippen molar-refractivity contribution in [3.8, 4) is 0 Å². The summed E-state index contributed by atoms with van der Waals surface area (Å²) >= 11 is 0. The van der Waals surface area contributed by atoms with Gasteiger partial charge < -0.3 is 14.3 Å². The number of rotatable bonds is 8. The third-order valence-electron chi connectivity index (χ3n) is 5.98. The molecule has 0 unspecified atom stereocenters. The van der Waals surface area contributed by atoms with Gasteiger partial charge in [-0.2, -0.15) is 0 Å². The van der Waals surface area contributed by atoms with E-state index < -0.39 is 0 Å². The maximum absolute atomic E-state index is 13.0. The molecule has 1 aliphatic heterocycles. The van der Waals surface area contributed by atoms with Crippen LogP contribution in [-0.4, -0.2) is 47.8 Å². The van der Waals surface area contributed by atoms with E-state index in [1.165, 1.54) is 0 Å². The summed E-state index contributed by atoms with van der Waals surface area (Å²) < 4.78 is 4.08. The molecule has 164 valence electrons. The number of carbonyl (C=O) groups is 1. The standard InChI is InChI=1S/C24H27N7O/c32-24(27-11-6-13-29-16-12-25-18-29)22-20-8-2-4-15-31(20)23(28-22)21-9-5-14-30(21)17-19-7-1-3-10-26-19/h1-4,7-8,10,12,15-16,18,21H,5-6,9,11,13-14,17H2,(H,27,32)/t21-/m1/s1. The van der Waals surface area contributed by atoms with Crippen LogP contribution >= 0.6 is 0 Å². The number of likely N-dealkylation sites (tertiary alicyclic amines) is 1. The van der Waals surface area contributed by atoms with Gasteiger partial charge in [-0.3, -0.25) is 14.7 Å². The largest absolute Gasteiger partial charge is 0.351 e. The Labute approximate surface area is 186 Å². The Hall–Kier alpha value is -3.52. The van der Waals surface area contributed by atoms with Crippen molar-refractivity contribution < 1.29 is 4.79 Å². The second-order valence-electron chi connectivity index (χ2n) is 8.13. The van der Waals surface area contributed by atoms with Crippen molar-refractivity contribution in [2.45, 2.75) is 38.4 Å². The number of nitrogens with zero attached hydrogens (tertiary/aromatic N) is 6. The molecule has 8 heteroatoms. The van der Waals surface area contributed by atoms with Gasteiger partial charge in [0.1, 0.15) is 5.82 Å². The molecule has 8 nitrogen and oxygen atoms in total. The molecule has 5 heterocycles. The number of fused-ring (bicyclic) bond motifs is 1. The van der Waals surface area contributed by atoms with E-state index in [-0.39, 0.29) is 11.9 Å². The van der Waals surface area contributed by atoms with Crippen LogP contribution in [-0.2, 0) is 13.1 Å². The van der Waals surface area contributed by atoms with Gasteiger partial charge in [-0.15, -0.1) is 0 Å². The number of nitrogens with one attached hydrogen (secondary N) is 1. The van der Waals surface area contributed by atoms with E-state index in [4.69, 9.17) is 4.98 Å². The third kappa shape index (κ3) is 4.27. The number of hydrogen-bond donors (Lipinski definition) is 1. The summed E-state index contributed by atoms with van der Waals surface area (Å²) in [6.45, 7) is 3.19. The highest BCUT2D eigenvalue weighted by atomic mass is 16.1. The predicted octanol–water partition coefficient (Wildman–Crippen LogP) is 3.08. The SMILES string of the molecule is O=C(NCCCn1ccnc1)c1nc([C@H]2CCCN2Cc2ccccn2)n2ccccc12. The average Bonchev–Trinajstić information content (AvgIpc) is 3.57. The van der Waals surface area contributed by atoms with E-state index in [1.54, 1.807) is 12.5 Å². The lowest BCUT2D eigenvalue weighted by molar-refractivity contribution is 0.0949. The van der Waals surface area contributed by atoms with Gasteiger partial charge in [-0.05, 0) is 50.1 Å². The van der Waals surface area contributed by atoms with Crippen LogP contribution in [0.25, 0.3) is 5.52 Å². The first-order valence-electron chi connectivity index (χ1n) is 11.1. The Morgan fingerprint density at radius 1 is 1.12 bits per heavy atom. The van der Waals surface area contributed by atoms with E-state index in [1.807, 2.05) is 53.5 Å². The molecule has 0 bridgehead atoms. The predicted molar refractivity (Wildman–Crippen MR) is 121 cm³/mol. The second kappa shape index (κ2) is 9.32. The third-order valence-corrected chi connectivity index (χ3v) is 5.98. The van der Waals surface area contributed by atoms with E-state index >= 15 is 0 Å². The lowest BCUT2D eigenvalue weighted by Crippen LogP contribution is -2.26. The molecule has 1 fully saturated rings. The van der Waals surface area contributed by atoms with Gasteiger partial charge in [0, 0.05) is 44.4 Å². The lowest BCUT2D eigenvalue weighted by Gasteiger charge is -2.23. The molecule has 0 saturated carbocycles. The summed E-state index contributed by atoms with van der Waals surface area (Å²) in [5, 5.41) is 3.04. The highest BCUT2D eigenvalue weighted by Gasteiger charge is 2.31. The average molecular weight is 430 g/mol. The molecule has 5 rings (SSSR count). The van der Waals surface area contributed by atoms with Crippen molar-refractivity contribution in [1.29, 1.82) is 0 Å². The zero-order valence-corrected chi connectivity index (χ0v) is 18.0. The summed E-state index contributed by atoms with van der Waals surface area (Å²) in [7, 11) is 0. The summed E-state index contributed by atoms with van der Waals surface area (Å²) in [5.41, 5.74) is 2.39. The molecule has 1 N–H and O–H groups in total. The van der Waals surface area contributed by atoms with Crippen LogP contribution in [0.2, 0.25) is 0 Å². The number of imidazole rings is 2. The van der Waals surface area contributed by atoms with E-state index in [0.29, 0.717) is 12.2 Å². The fraction of sp³-hybridized carbons (Fsp3) is 0.333. The molecule has 32 heavy (non-hydrogen) atoms. The van der Waals surface area contributed by atoms with E-state index in [9.17, 15) is 4.79 Å². The van der Waals surface area contributed by atoms with Crippen molar-refractivity contribution >= 4 is 11.4 Å². The molecule has 0 aromatic carbocycles. The number of pyridine rings is 2. The first kappa shape index (κ1) is 20.4. The number of hydrogen-bond acceptors (Lipinski definition) is 5. The highest BCUT2D eigenvalue weighted by molar-refractivity contribution is 5.99. The smallest absolute Gasteiger partial charge is 0.272 e. The molecule has 0 aliphatic carbocycles. The molecule has 1 saturated heterocycles. The van der Waals surface area contributed by atoms with Crippen LogP contribution in [0.5, 0.6) is 0 Å². The van der Waals surface area contributed by atoms with Gasteiger partial charge in [-0.1, -0.05) is 12.1 Å². The molecular weight excluding hydrogens is 402 g/mol. The minimum atomic E-state index is -0.125. The first-order chi connectivity index (χ1) is 15.8. The molecule has 0 spiro atoms. The van der Waals surface area contributed by atoms with Crippen molar-refractivity contribution in [2.75, 3.05) is 13.1 Å². The van der Waals surface area contributed by atoms with Gasteiger partial charge in [-0.25, -0.2) is 9.97 Å². The lowest BCUT2D eigenvalue weighted by atomic mass is 10.2. The second-order valence-corrected chi connectivity index (χ2v) is 8.13. The van der Waals surface area contributed by atoms with Crippen molar-refractivity contribution in [1.82, 2.24) is 34.1 Å². The highest BCUT2D eigenvalue weighted by Crippen LogP contribution is 2.33. The Balaban J connectivity index is 1.33. The Bertz CT molecular complexity index is 1170. The molecule has 1 aliphatic rings. The maximum atomic E-state index is 13.0. The van der Waals surface area contributed by atoms with Gasteiger partial charge in [0.2, 0.25) is 0 Å². The summed E-state index contributed by atoms with van der Waals surface area (Å²) in [5.74, 6) is 0.803. The fourth-order valence-corrected chi connectivity index (χ4v) is 4.44. The molecule has 4 aromatic rings. The zero-order valence-electron chi connectivity index (χ0n) is 18.0. The van der Waals surface area contributed by atoms with Gasteiger partial charge >= 0.3 is 0 Å². The summed E-state index contributed by atoms with van der Waals surface area (Å²) in [6.07, 6.45) is 12.3. The van der Waals surface area contributed by atoms with Crippen LogP contribution < -0.4 is 5.32 Å². The number of carbonyl (C=O) groups excluding carboxylic acids is 1. The normalized spacial score (nSPS) is 16.6. The fourth-order valence-electron chi connectivity index (χ4n) is 4.44. The van der Waals surface area contributed by atoms with Crippen molar-refractivity contribution in [3.63, 3.8) is 0 Å². The van der Waals surface area contributed by atoms with Crippen molar-refractivity contribution in [2.24, 2.45) is 0 Å². The van der Waals surface area contributed by atoms with Crippen LogP contribution in [0.4, 0.5) is 0 Å². The Kier molecular flexibility index (Phi) is 5.93. The Morgan fingerprint density at radius 3 is 2.91 bits per heavy atom. The molecule has 4 aromatic heterocycles. The van der Waals surface area contributed by atoms with Crippen LogP contribution in [0.3, 0.4) is 0 Å². The quantitative estimate of drug-likeness (QED) is 0.436. The van der Waals surface area contributed by atoms with Gasteiger partial charge in [0.25, 0.3) is 5.91 Å². The van der Waals surface area contributed by atoms with Crippen LogP contribution in [0.15, 0.2) is 67.5 Å². The van der Waals surface area contributed by atoms with Gasteiger partial charge in [0.05, 0.1) is 23.6 Å². The minimum absolute atomic E-state index is 0.125. The number of aryl methyl sites for hydroxylation is 1. The first-order valence-corrected chi connectivity index (χ1v) is 11.1. The molecule has 1 amide bonds. The van der Waals surface area contributed by atoms with Crippen LogP contribution in [0.1, 0.15) is 47.3 Å². The molecule has 0 radical (unpaired) electrons. The minimum Gasteiger partial charge on any atom is -0.351 e.